The van der Waals surface area contributed by atoms with Gasteiger partial charge < -0.3 is 26.0 Å². The number of fused-ring (bicyclic) bond motifs is 1. The van der Waals surface area contributed by atoms with Crippen molar-refractivity contribution in [2.75, 3.05) is 25.4 Å². The zero-order valence-electron chi connectivity index (χ0n) is 23.6. The molecule has 2 aliphatic rings. The predicted molar refractivity (Wildman–Crippen MR) is 158 cm³/mol. The number of aryl methyl sites for hydroxylation is 2. The molecule has 1 fully saturated rings. The van der Waals surface area contributed by atoms with Crippen molar-refractivity contribution in [1.82, 2.24) is 25.1 Å². The number of rotatable bonds is 7. The van der Waals surface area contributed by atoms with Gasteiger partial charge in [-0.1, -0.05) is 0 Å². The fourth-order valence-corrected chi connectivity index (χ4v) is 6.42. The predicted octanol–water partition coefficient (Wildman–Crippen LogP) is 4.46. The summed E-state index contributed by atoms with van der Waals surface area (Å²) in [7, 11) is 2.09. The quantitative estimate of drug-likeness (QED) is 0.325. The zero-order valence-corrected chi connectivity index (χ0v) is 23.6. The molecule has 1 saturated heterocycles. The summed E-state index contributed by atoms with van der Waals surface area (Å²) in [5.74, 6) is -0.725. The van der Waals surface area contributed by atoms with Gasteiger partial charge in [0.1, 0.15) is 5.65 Å². The van der Waals surface area contributed by atoms with Crippen molar-refractivity contribution in [3.05, 3.63) is 76.4 Å². The highest BCUT2D eigenvalue weighted by molar-refractivity contribution is 5.93. The summed E-state index contributed by atoms with van der Waals surface area (Å²) in [5.41, 5.74) is 14.8. The van der Waals surface area contributed by atoms with E-state index in [1.807, 2.05) is 19.2 Å². The van der Waals surface area contributed by atoms with Crippen LogP contribution in [0, 0.1) is 6.92 Å². The molecular weight excluding hydrogens is 504 g/mol. The second-order valence-corrected chi connectivity index (χ2v) is 10.9. The van der Waals surface area contributed by atoms with Crippen molar-refractivity contribution >= 4 is 34.2 Å². The minimum Gasteiger partial charge on any atom is -0.478 e. The summed E-state index contributed by atoms with van der Waals surface area (Å²) in [6.45, 7) is 8.43. The van der Waals surface area contributed by atoms with Crippen molar-refractivity contribution < 1.29 is 14.7 Å². The van der Waals surface area contributed by atoms with Crippen LogP contribution >= 0.6 is 0 Å². The minimum absolute atomic E-state index is 0.0943. The lowest BCUT2D eigenvalue weighted by Crippen LogP contribution is -2.36. The Bertz CT molecular complexity index is 1500. The van der Waals surface area contributed by atoms with Gasteiger partial charge >= 0.3 is 5.97 Å². The maximum atomic E-state index is 11.4. The summed E-state index contributed by atoms with van der Waals surface area (Å²) >= 11 is 0. The molecule has 9 nitrogen and oxygen atoms in total. The first-order valence-corrected chi connectivity index (χ1v) is 13.9. The average molecular weight is 543 g/mol. The van der Waals surface area contributed by atoms with E-state index < -0.39 is 5.97 Å². The van der Waals surface area contributed by atoms with Crippen molar-refractivity contribution in [3.63, 3.8) is 0 Å². The molecule has 9 heteroatoms. The Morgan fingerprint density at radius 3 is 2.67 bits per heavy atom. The lowest BCUT2D eigenvalue weighted by atomic mass is 9.84. The number of benzene rings is 1. The zero-order chi connectivity index (χ0) is 28.6. The monoisotopic (exact) mass is 542 g/mol. The summed E-state index contributed by atoms with van der Waals surface area (Å²) in [5, 5.41) is 16.7. The maximum absolute atomic E-state index is 11.4. The van der Waals surface area contributed by atoms with Crippen LogP contribution < -0.4 is 16.4 Å². The Labute approximate surface area is 234 Å². The topological polar surface area (TPSA) is 126 Å². The van der Waals surface area contributed by atoms with E-state index in [1.54, 1.807) is 18.3 Å². The maximum Gasteiger partial charge on any atom is 0.335 e. The van der Waals surface area contributed by atoms with Crippen LogP contribution in [0.15, 0.2) is 48.4 Å². The molecule has 5 rings (SSSR count). The number of allylic oxidation sites excluding steroid dienone is 1. The number of nitrogen functional groups attached to an aromatic ring is 1. The molecule has 40 heavy (non-hydrogen) atoms. The summed E-state index contributed by atoms with van der Waals surface area (Å²) in [4.78, 5) is 30.0. The highest BCUT2D eigenvalue weighted by Crippen LogP contribution is 2.39. The number of likely N-dealkylation sites (tertiary alicyclic amines) is 1. The van der Waals surface area contributed by atoms with Crippen LogP contribution in [-0.2, 0) is 11.8 Å². The standard InChI is InChI=1S/C31H38N6O3/c1-18-15-22(31(39)40)16-26(32)29(18)21-8-13-37(14-9-21)19(2)28-17-25-23(5-11-35-30(25)36(28)4)24-6-10-34-27(24)7-12-33-20(3)38/h5,7,11-12,15-17,19,21,34H,6,8-10,13-14,32H2,1-4H3,(H,33,38)(H,39,40)/b12-7-. The van der Waals surface area contributed by atoms with Gasteiger partial charge in [0.25, 0.3) is 0 Å². The second-order valence-electron chi connectivity index (χ2n) is 10.9. The molecule has 1 amide bonds. The van der Waals surface area contributed by atoms with Crippen LogP contribution in [0.25, 0.3) is 16.6 Å². The number of nitrogens with two attached hydrogens (primary N) is 1. The number of aromatic carboxylic acids is 1. The number of carbonyl (C=O) groups is 2. The number of anilines is 1. The first kappa shape index (κ1) is 27.5. The Morgan fingerprint density at radius 1 is 1.25 bits per heavy atom. The second kappa shape index (κ2) is 11.2. The molecule has 1 atom stereocenters. The number of nitrogens with one attached hydrogen (secondary N) is 2. The highest BCUT2D eigenvalue weighted by atomic mass is 16.4. The van der Waals surface area contributed by atoms with Gasteiger partial charge in [0.15, 0.2) is 0 Å². The molecule has 5 N–H and O–H groups in total. The van der Waals surface area contributed by atoms with Crippen LogP contribution in [0.5, 0.6) is 0 Å². The largest absolute Gasteiger partial charge is 0.478 e. The normalized spacial score (nSPS) is 17.5. The van der Waals surface area contributed by atoms with Gasteiger partial charge in [-0.3, -0.25) is 9.69 Å². The molecule has 0 saturated carbocycles. The molecule has 1 aromatic carbocycles. The average Bonchev–Trinajstić information content (AvgIpc) is 3.52. The number of hydrogen-bond donors (Lipinski definition) is 4. The van der Waals surface area contributed by atoms with Crippen molar-refractivity contribution in [3.8, 4) is 0 Å². The summed E-state index contributed by atoms with van der Waals surface area (Å²) < 4.78 is 2.21. The molecule has 3 aromatic rings. The molecule has 1 unspecified atom stereocenters. The van der Waals surface area contributed by atoms with Gasteiger partial charge in [-0.15, -0.1) is 0 Å². The number of pyridine rings is 1. The van der Waals surface area contributed by atoms with Crippen LogP contribution in [0.1, 0.15) is 77.8 Å². The Balaban J connectivity index is 1.37. The Hall–Kier alpha value is -4.11. The fraction of sp³-hybridized carbons (Fsp3) is 0.387. The first-order chi connectivity index (χ1) is 19.2. The molecule has 0 aliphatic carbocycles. The lowest BCUT2D eigenvalue weighted by Gasteiger charge is -2.37. The molecular formula is C31H38N6O3. The molecule has 2 aromatic heterocycles. The number of carbonyl (C=O) groups excluding carboxylic acids is 1. The molecule has 2 aliphatic heterocycles. The van der Waals surface area contributed by atoms with Crippen LogP contribution in [0.3, 0.4) is 0 Å². The number of piperidine rings is 1. The smallest absolute Gasteiger partial charge is 0.335 e. The first-order valence-electron chi connectivity index (χ1n) is 13.9. The Morgan fingerprint density at radius 2 is 2.00 bits per heavy atom. The van der Waals surface area contributed by atoms with Gasteiger partial charge in [-0.2, -0.15) is 0 Å². The van der Waals surface area contributed by atoms with Crippen molar-refractivity contribution in [2.24, 2.45) is 7.05 Å². The number of carboxylic acids is 1. The summed E-state index contributed by atoms with van der Waals surface area (Å²) in [6, 6.07) is 7.90. The Kier molecular flexibility index (Phi) is 7.67. The fourth-order valence-electron chi connectivity index (χ4n) is 6.42. The molecule has 0 radical (unpaired) electrons. The van der Waals surface area contributed by atoms with Gasteiger partial charge in [0.05, 0.1) is 5.56 Å². The number of hydrogen-bond acceptors (Lipinski definition) is 6. The molecule has 210 valence electrons. The number of aromatic nitrogens is 2. The number of amides is 1. The van der Waals surface area contributed by atoms with Gasteiger partial charge in [0, 0.05) is 61.4 Å². The van der Waals surface area contributed by atoms with E-state index in [0.29, 0.717) is 11.6 Å². The molecule has 4 heterocycles. The van der Waals surface area contributed by atoms with E-state index in [9.17, 15) is 14.7 Å². The van der Waals surface area contributed by atoms with E-state index in [1.165, 1.54) is 23.8 Å². The SMILES string of the molecule is CC(=O)N/C=C\C1=C(c2ccnc3c2cc(C(C)N2CCC(c4c(C)cc(C(=O)O)cc4N)CC2)n3C)CCN1. The number of nitrogens with zero attached hydrogens (tertiary/aromatic N) is 3. The van der Waals surface area contributed by atoms with Crippen molar-refractivity contribution in [2.45, 2.75) is 52.0 Å². The van der Waals surface area contributed by atoms with E-state index in [0.717, 1.165) is 66.8 Å². The third-order valence-corrected chi connectivity index (χ3v) is 8.42. The van der Waals surface area contributed by atoms with Crippen molar-refractivity contribution in [1.29, 1.82) is 0 Å². The van der Waals surface area contributed by atoms with E-state index in [-0.39, 0.29) is 17.5 Å². The van der Waals surface area contributed by atoms with E-state index in [2.05, 4.69) is 46.2 Å². The van der Waals surface area contributed by atoms with Gasteiger partial charge in [-0.05, 0) is 105 Å². The third-order valence-electron chi connectivity index (χ3n) is 8.42. The molecule has 0 spiro atoms. The van der Waals surface area contributed by atoms with Gasteiger partial charge in [-0.25, -0.2) is 9.78 Å². The van der Waals surface area contributed by atoms with Crippen LogP contribution in [0.2, 0.25) is 0 Å². The lowest BCUT2D eigenvalue weighted by molar-refractivity contribution is -0.118. The minimum atomic E-state index is -0.948. The van der Waals surface area contributed by atoms with Crippen LogP contribution in [-0.4, -0.2) is 51.1 Å². The summed E-state index contributed by atoms with van der Waals surface area (Å²) in [6.07, 6.45) is 8.33. The van der Waals surface area contributed by atoms with Gasteiger partial charge in [0.2, 0.25) is 5.91 Å². The number of carboxylic acid groups (broad SMARTS) is 1. The van der Waals surface area contributed by atoms with E-state index >= 15 is 0 Å². The highest BCUT2D eigenvalue weighted by Gasteiger charge is 2.29. The van der Waals surface area contributed by atoms with Crippen LogP contribution in [0.4, 0.5) is 5.69 Å². The van der Waals surface area contributed by atoms with E-state index in [4.69, 9.17) is 10.7 Å². The molecule has 0 bridgehead atoms. The third kappa shape index (κ3) is 5.21.